The molecule has 3 rings (SSSR count). The molecular formula is C19H21N7O2S. The van der Waals surface area contributed by atoms with Gasteiger partial charge in [-0.1, -0.05) is 17.8 Å². The molecule has 0 spiro atoms. The van der Waals surface area contributed by atoms with Gasteiger partial charge in [0.05, 0.1) is 17.5 Å². The van der Waals surface area contributed by atoms with Crippen molar-refractivity contribution in [1.29, 1.82) is 0 Å². The van der Waals surface area contributed by atoms with Crippen molar-refractivity contribution in [3.8, 4) is 11.4 Å². The topological polar surface area (TPSA) is 121 Å². The Labute approximate surface area is 172 Å². The third-order valence-electron chi connectivity index (χ3n) is 4.03. The first-order chi connectivity index (χ1) is 14.0. The second-order valence-electron chi connectivity index (χ2n) is 6.07. The van der Waals surface area contributed by atoms with Crippen LogP contribution in [0, 0.1) is 0 Å². The maximum Gasteiger partial charge on any atom is 0.248 e. The molecule has 3 aromatic rings. The molecular weight excluding hydrogens is 390 g/mol. The van der Waals surface area contributed by atoms with Crippen molar-refractivity contribution < 1.29 is 9.59 Å². The van der Waals surface area contributed by atoms with E-state index in [1.165, 1.54) is 11.8 Å². The fourth-order valence-electron chi connectivity index (χ4n) is 2.60. The number of carbonyl (C=O) groups excluding carboxylic acids is 2. The molecule has 2 aromatic heterocycles. The molecule has 0 radical (unpaired) electrons. The quantitative estimate of drug-likeness (QED) is 0.411. The summed E-state index contributed by atoms with van der Waals surface area (Å²) in [6.45, 7) is 7.06. The molecule has 3 N–H and O–H groups in total. The number of allylic oxidation sites excluding steroid dienone is 1. The lowest BCUT2D eigenvalue weighted by atomic mass is 10.2. The number of rotatable bonds is 9. The minimum Gasteiger partial charge on any atom is -0.366 e. The number of nitrogens with one attached hydrogen (secondary N) is 1. The van der Waals surface area contributed by atoms with Crippen LogP contribution in [0.5, 0.6) is 0 Å². The number of aryl methyl sites for hydroxylation is 1. The van der Waals surface area contributed by atoms with E-state index in [1.54, 1.807) is 36.5 Å². The van der Waals surface area contributed by atoms with Crippen LogP contribution in [0.3, 0.4) is 0 Å². The lowest BCUT2D eigenvalue weighted by molar-refractivity contribution is -0.113. The molecule has 0 aliphatic rings. The van der Waals surface area contributed by atoms with Crippen LogP contribution >= 0.6 is 11.8 Å². The van der Waals surface area contributed by atoms with Gasteiger partial charge in [0.2, 0.25) is 11.8 Å². The van der Waals surface area contributed by atoms with Gasteiger partial charge in [0.25, 0.3) is 0 Å². The Balaban J connectivity index is 1.67. The van der Waals surface area contributed by atoms with Gasteiger partial charge in [-0.25, -0.2) is 0 Å². The van der Waals surface area contributed by atoms with Gasteiger partial charge in [-0.2, -0.15) is 5.10 Å². The summed E-state index contributed by atoms with van der Waals surface area (Å²) in [6.07, 6.45) is 5.39. The average Bonchev–Trinajstić information content (AvgIpc) is 3.34. The summed E-state index contributed by atoms with van der Waals surface area (Å²) in [5.41, 5.74) is 7.03. The summed E-state index contributed by atoms with van der Waals surface area (Å²) in [4.78, 5) is 23.4. The molecule has 0 saturated heterocycles. The van der Waals surface area contributed by atoms with Crippen LogP contribution in [0.15, 0.2) is 54.5 Å². The summed E-state index contributed by atoms with van der Waals surface area (Å²) in [5.74, 6) is 0.117. The van der Waals surface area contributed by atoms with Gasteiger partial charge in [-0.3, -0.25) is 18.8 Å². The van der Waals surface area contributed by atoms with Gasteiger partial charge >= 0.3 is 0 Å². The van der Waals surface area contributed by atoms with Crippen LogP contribution in [0.4, 0.5) is 5.69 Å². The highest BCUT2D eigenvalue weighted by Crippen LogP contribution is 2.24. The van der Waals surface area contributed by atoms with Crippen molar-refractivity contribution in [3.63, 3.8) is 0 Å². The predicted molar refractivity (Wildman–Crippen MR) is 111 cm³/mol. The Bertz CT molecular complexity index is 1020. The van der Waals surface area contributed by atoms with Crippen molar-refractivity contribution in [3.05, 3.63) is 54.9 Å². The zero-order chi connectivity index (χ0) is 20.8. The van der Waals surface area contributed by atoms with E-state index in [0.717, 1.165) is 12.1 Å². The monoisotopic (exact) mass is 411 g/mol. The number of anilines is 1. The number of amides is 2. The summed E-state index contributed by atoms with van der Waals surface area (Å²) >= 11 is 1.28. The molecule has 29 heavy (non-hydrogen) atoms. The zero-order valence-electron chi connectivity index (χ0n) is 15.9. The highest BCUT2D eigenvalue weighted by atomic mass is 32.2. The van der Waals surface area contributed by atoms with Crippen LogP contribution < -0.4 is 11.1 Å². The molecule has 0 atom stereocenters. The van der Waals surface area contributed by atoms with E-state index < -0.39 is 5.91 Å². The fraction of sp³-hybridized carbons (Fsp3) is 0.211. The maximum atomic E-state index is 12.3. The number of aromatic nitrogens is 5. The highest BCUT2D eigenvalue weighted by molar-refractivity contribution is 7.99. The molecule has 0 aliphatic heterocycles. The minimum absolute atomic E-state index is 0.154. The Morgan fingerprint density at radius 3 is 2.66 bits per heavy atom. The standard InChI is InChI=1S/C19H21N7O2S/c1-3-9-26-18(14-10-21-25(4-2)11-14)23-24-19(26)29-12-16(27)22-15-7-5-13(6-8-15)17(20)28/h3,5-8,10-11H,1,4,9,12H2,2H3,(H2,20,28)(H,22,27). The third-order valence-corrected chi connectivity index (χ3v) is 5.00. The molecule has 0 unspecified atom stereocenters. The van der Waals surface area contributed by atoms with E-state index in [-0.39, 0.29) is 11.7 Å². The number of benzene rings is 1. The Morgan fingerprint density at radius 2 is 2.03 bits per heavy atom. The second kappa shape index (κ2) is 9.20. The zero-order valence-corrected chi connectivity index (χ0v) is 16.7. The number of hydrogen-bond donors (Lipinski definition) is 2. The molecule has 0 fully saturated rings. The van der Waals surface area contributed by atoms with Gasteiger partial charge in [0.15, 0.2) is 11.0 Å². The minimum atomic E-state index is -0.514. The first kappa shape index (κ1) is 20.3. The lowest BCUT2D eigenvalue weighted by Gasteiger charge is -2.07. The normalized spacial score (nSPS) is 10.7. The highest BCUT2D eigenvalue weighted by Gasteiger charge is 2.16. The number of carbonyl (C=O) groups is 2. The van der Waals surface area contributed by atoms with E-state index in [0.29, 0.717) is 28.8 Å². The fourth-order valence-corrected chi connectivity index (χ4v) is 3.35. The van der Waals surface area contributed by atoms with Crippen molar-refractivity contribution in [1.82, 2.24) is 24.5 Å². The third kappa shape index (κ3) is 4.91. The van der Waals surface area contributed by atoms with Gasteiger partial charge < -0.3 is 11.1 Å². The van der Waals surface area contributed by atoms with Gasteiger partial charge in [0, 0.05) is 30.5 Å². The second-order valence-corrected chi connectivity index (χ2v) is 7.01. The van der Waals surface area contributed by atoms with E-state index >= 15 is 0 Å². The van der Waals surface area contributed by atoms with Crippen molar-refractivity contribution in [2.24, 2.45) is 5.73 Å². The summed E-state index contributed by atoms with van der Waals surface area (Å²) < 4.78 is 3.70. The van der Waals surface area contributed by atoms with Crippen LogP contribution in [0.1, 0.15) is 17.3 Å². The maximum absolute atomic E-state index is 12.3. The molecule has 10 heteroatoms. The number of thioether (sulfide) groups is 1. The lowest BCUT2D eigenvalue weighted by Crippen LogP contribution is -2.15. The Hall–Kier alpha value is -3.40. The molecule has 0 aliphatic carbocycles. The Morgan fingerprint density at radius 1 is 1.28 bits per heavy atom. The van der Waals surface area contributed by atoms with Crippen LogP contribution in [-0.2, 0) is 17.9 Å². The van der Waals surface area contributed by atoms with Gasteiger partial charge in [0.1, 0.15) is 0 Å². The van der Waals surface area contributed by atoms with Crippen LogP contribution in [-0.4, -0.2) is 42.1 Å². The number of primary amides is 1. The first-order valence-corrected chi connectivity index (χ1v) is 9.89. The largest absolute Gasteiger partial charge is 0.366 e. The molecule has 2 heterocycles. The van der Waals surface area contributed by atoms with E-state index in [4.69, 9.17) is 5.73 Å². The molecule has 1 aromatic carbocycles. The van der Waals surface area contributed by atoms with Crippen molar-refractivity contribution in [2.75, 3.05) is 11.1 Å². The first-order valence-electron chi connectivity index (χ1n) is 8.91. The van der Waals surface area contributed by atoms with E-state index in [1.807, 2.05) is 22.4 Å². The van der Waals surface area contributed by atoms with E-state index in [9.17, 15) is 9.59 Å². The van der Waals surface area contributed by atoms with Crippen molar-refractivity contribution in [2.45, 2.75) is 25.2 Å². The predicted octanol–water partition coefficient (Wildman–Crippen LogP) is 2.18. The van der Waals surface area contributed by atoms with Gasteiger partial charge in [-0.05, 0) is 31.2 Å². The van der Waals surface area contributed by atoms with E-state index in [2.05, 4.69) is 27.2 Å². The Kier molecular flexibility index (Phi) is 6.45. The van der Waals surface area contributed by atoms with Crippen LogP contribution in [0.2, 0.25) is 0 Å². The number of nitrogens with two attached hydrogens (primary N) is 1. The van der Waals surface area contributed by atoms with Gasteiger partial charge in [-0.15, -0.1) is 16.8 Å². The molecule has 2 amide bonds. The SMILES string of the molecule is C=CCn1c(SCC(=O)Nc2ccc(C(N)=O)cc2)nnc1-c1cnn(CC)c1. The average molecular weight is 411 g/mol. The summed E-state index contributed by atoms with van der Waals surface area (Å²) in [6, 6.07) is 6.39. The number of nitrogens with zero attached hydrogens (tertiary/aromatic N) is 5. The molecule has 0 bridgehead atoms. The number of hydrogen-bond acceptors (Lipinski definition) is 6. The van der Waals surface area contributed by atoms with Crippen LogP contribution in [0.25, 0.3) is 11.4 Å². The summed E-state index contributed by atoms with van der Waals surface area (Å²) in [7, 11) is 0. The summed E-state index contributed by atoms with van der Waals surface area (Å²) in [5, 5.41) is 16.1. The molecule has 9 nitrogen and oxygen atoms in total. The molecule has 150 valence electrons. The smallest absolute Gasteiger partial charge is 0.248 e. The molecule has 0 saturated carbocycles. The van der Waals surface area contributed by atoms with Crippen molar-refractivity contribution >= 4 is 29.3 Å².